The van der Waals surface area contributed by atoms with E-state index in [1.807, 2.05) is 18.2 Å². The lowest BCUT2D eigenvalue weighted by molar-refractivity contribution is -0.138. The highest BCUT2D eigenvalue weighted by Crippen LogP contribution is 2.47. The van der Waals surface area contributed by atoms with Gasteiger partial charge < -0.3 is 10.4 Å². The Bertz CT molecular complexity index is 1350. The van der Waals surface area contributed by atoms with Gasteiger partial charge in [-0.3, -0.25) is 24.3 Å². The molecule has 0 radical (unpaired) electrons. The smallest absolute Gasteiger partial charge is 0.303 e. The molecule has 1 aliphatic carbocycles. The Morgan fingerprint density at radius 2 is 1.78 bits per heavy atom. The van der Waals surface area contributed by atoms with E-state index in [9.17, 15) is 23.9 Å². The van der Waals surface area contributed by atoms with Crippen molar-refractivity contribution >= 4 is 29.0 Å². The fraction of sp³-hybridized carbons (Fsp3) is 0.214. The van der Waals surface area contributed by atoms with Crippen molar-refractivity contribution in [1.29, 1.82) is 0 Å². The molecule has 0 saturated heterocycles. The average molecular weight is 486 g/mol. The zero-order valence-corrected chi connectivity index (χ0v) is 19.4. The fourth-order valence-corrected chi connectivity index (χ4v) is 5.02. The van der Waals surface area contributed by atoms with Gasteiger partial charge in [-0.05, 0) is 53.8 Å². The number of benzene rings is 2. The number of anilines is 2. The van der Waals surface area contributed by atoms with E-state index in [4.69, 9.17) is 0 Å². The molecule has 0 saturated carbocycles. The van der Waals surface area contributed by atoms with Crippen molar-refractivity contribution in [2.45, 2.75) is 37.6 Å². The number of nitrogens with zero attached hydrogens (tertiary/aromatic N) is 2. The maximum atomic E-state index is 13.8. The minimum atomic E-state index is -1.07. The van der Waals surface area contributed by atoms with Crippen LogP contribution in [0.15, 0.2) is 84.3 Å². The van der Waals surface area contributed by atoms with Crippen LogP contribution in [0.3, 0.4) is 0 Å². The number of Topliss-reactive ketones (excluding diaryl/α,β-unsaturated/α-hetero) is 1. The second kappa shape index (κ2) is 9.73. The Morgan fingerprint density at radius 1 is 1.00 bits per heavy atom. The van der Waals surface area contributed by atoms with Gasteiger partial charge in [-0.25, -0.2) is 4.39 Å². The van der Waals surface area contributed by atoms with Crippen molar-refractivity contribution in [3.05, 3.63) is 101 Å². The van der Waals surface area contributed by atoms with Crippen LogP contribution in [0.1, 0.15) is 48.8 Å². The highest BCUT2D eigenvalue weighted by molar-refractivity contribution is 6.06. The number of nitrogens with one attached hydrogen (secondary N) is 1. The molecular formula is C28H24FN3O4. The first kappa shape index (κ1) is 23.4. The number of aromatic nitrogens is 1. The van der Waals surface area contributed by atoms with Gasteiger partial charge in [0.1, 0.15) is 5.82 Å². The number of carbonyl (C=O) groups is 3. The molecule has 2 N–H and O–H groups in total. The molecule has 1 amide bonds. The van der Waals surface area contributed by atoms with Crippen LogP contribution in [-0.4, -0.2) is 27.8 Å². The molecule has 2 heterocycles. The molecule has 1 aromatic heterocycles. The maximum absolute atomic E-state index is 13.8. The van der Waals surface area contributed by atoms with Crippen molar-refractivity contribution in [2.24, 2.45) is 0 Å². The first-order valence-corrected chi connectivity index (χ1v) is 11.7. The number of rotatable bonds is 5. The quantitative estimate of drug-likeness (QED) is 0.529. The molecule has 7 nitrogen and oxygen atoms in total. The van der Waals surface area contributed by atoms with Gasteiger partial charge in [0.2, 0.25) is 5.91 Å². The lowest BCUT2D eigenvalue weighted by Gasteiger charge is -2.35. The number of allylic oxidation sites excluding steroid dienone is 1. The van der Waals surface area contributed by atoms with Gasteiger partial charge in [0.25, 0.3) is 0 Å². The summed E-state index contributed by atoms with van der Waals surface area (Å²) in [6.45, 7) is 0. The van der Waals surface area contributed by atoms with Crippen LogP contribution >= 0.6 is 0 Å². The number of fused-ring (bicyclic) bond motifs is 1. The number of carboxylic acids is 1. The van der Waals surface area contributed by atoms with E-state index in [1.54, 1.807) is 42.7 Å². The number of aliphatic carboxylic acids is 1. The van der Waals surface area contributed by atoms with E-state index in [0.29, 0.717) is 34.6 Å². The summed E-state index contributed by atoms with van der Waals surface area (Å²) in [4.78, 5) is 44.3. The van der Waals surface area contributed by atoms with Crippen molar-refractivity contribution < 1.29 is 23.9 Å². The highest BCUT2D eigenvalue weighted by atomic mass is 19.1. The van der Waals surface area contributed by atoms with Crippen LogP contribution in [-0.2, 0) is 14.4 Å². The number of hydrogen-bond donors (Lipinski definition) is 2. The first-order valence-electron chi connectivity index (χ1n) is 11.7. The molecule has 2 aromatic carbocycles. The van der Waals surface area contributed by atoms with Crippen molar-refractivity contribution in [2.75, 3.05) is 10.2 Å². The molecular weight excluding hydrogens is 461 g/mol. The van der Waals surface area contributed by atoms with Crippen LogP contribution < -0.4 is 10.2 Å². The van der Waals surface area contributed by atoms with Gasteiger partial charge in [0.15, 0.2) is 5.78 Å². The van der Waals surface area contributed by atoms with E-state index in [1.165, 1.54) is 17.0 Å². The minimum Gasteiger partial charge on any atom is -0.481 e. The Balaban J connectivity index is 1.66. The fourth-order valence-electron chi connectivity index (χ4n) is 5.02. The number of hydrogen-bond acceptors (Lipinski definition) is 5. The lowest BCUT2D eigenvalue weighted by atomic mass is 9.78. The number of halogens is 1. The molecule has 3 aromatic rings. The number of ketones is 1. The van der Waals surface area contributed by atoms with E-state index >= 15 is 0 Å². The number of carbonyl (C=O) groups excluding carboxylic acids is 2. The molecule has 0 unspecified atom stereocenters. The lowest BCUT2D eigenvalue weighted by Crippen LogP contribution is -2.38. The number of pyridine rings is 1. The summed E-state index contributed by atoms with van der Waals surface area (Å²) in [5, 5.41) is 12.6. The summed E-state index contributed by atoms with van der Waals surface area (Å²) in [5.74, 6) is -2.09. The summed E-state index contributed by atoms with van der Waals surface area (Å²) in [6, 6.07) is 16.2. The zero-order chi connectivity index (χ0) is 25.2. The minimum absolute atomic E-state index is 0.129. The third-order valence-electron chi connectivity index (χ3n) is 6.65. The predicted octanol–water partition coefficient (Wildman–Crippen LogP) is 4.99. The Hall–Kier alpha value is -4.33. The summed E-state index contributed by atoms with van der Waals surface area (Å²) >= 11 is 0. The Labute approximate surface area is 207 Å². The third-order valence-corrected chi connectivity index (χ3v) is 6.65. The third kappa shape index (κ3) is 4.49. The van der Waals surface area contributed by atoms with Gasteiger partial charge in [-0.15, -0.1) is 0 Å². The molecule has 36 heavy (non-hydrogen) atoms. The monoisotopic (exact) mass is 485 g/mol. The van der Waals surface area contributed by atoms with Gasteiger partial charge in [0.05, 0.1) is 23.8 Å². The number of amides is 1. The SMILES string of the molecule is O=C(O)CCC(=O)N1c2ccccc2NC2=C(C(=O)C[C@@H](c3ccc(F)cc3)C2)[C@H]1c1cccnc1. The first-order chi connectivity index (χ1) is 17.4. The van der Waals surface area contributed by atoms with Crippen LogP contribution in [0.25, 0.3) is 0 Å². The van der Waals surface area contributed by atoms with E-state index in [0.717, 1.165) is 5.56 Å². The van der Waals surface area contributed by atoms with Crippen molar-refractivity contribution in [3.63, 3.8) is 0 Å². The van der Waals surface area contributed by atoms with Crippen LogP contribution in [0.4, 0.5) is 15.8 Å². The predicted molar refractivity (Wildman–Crippen MR) is 132 cm³/mol. The molecule has 1 aliphatic heterocycles. The molecule has 182 valence electrons. The van der Waals surface area contributed by atoms with E-state index in [2.05, 4.69) is 10.3 Å². The summed E-state index contributed by atoms with van der Waals surface area (Å²) in [7, 11) is 0. The Morgan fingerprint density at radius 3 is 2.50 bits per heavy atom. The van der Waals surface area contributed by atoms with Gasteiger partial charge in [-0.1, -0.05) is 30.3 Å². The van der Waals surface area contributed by atoms with Crippen molar-refractivity contribution in [1.82, 2.24) is 4.98 Å². The van der Waals surface area contributed by atoms with E-state index < -0.39 is 17.9 Å². The number of carboxylic acid groups (broad SMARTS) is 1. The molecule has 5 rings (SSSR count). The van der Waals surface area contributed by atoms with Crippen LogP contribution in [0, 0.1) is 5.82 Å². The standard InChI is InChI=1S/C28H24FN3O4/c29-20-9-7-17(8-10-20)19-14-22-27(24(33)15-19)28(18-4-3-13-30-16-18)32(25(34)11-12-26(35)36)23-6-2-1-5-21(23)31-22/h1-10,13,16,19,28,31H,11-12,14-15H2,(H,35,36)/t19-,28+/m0/s1. The summed E-state index contributed by atoms with van der Waals surface area (Å²) in [5.41, 5.74) is 3.87. The number of para-hydroxylation sites is 2. The topological polar surface area (TPSA) is 99.6 Å². The molecule has 0 bridgehead atoms. The molecule has 0 fully saturated rings. The van der Waals surface area contributed by atoms with E-state index in [-0.39, 0.29) is 36.8 Å². The maximum Gasteiger partial charge on any atom is 0.303 e. The normalized spacial score (nSPS) is 19.1. The van der Waals surface area contributed by atoms with Crippen LogP contribution in [0.5, 0.6) is 0 Å². The molecule has 8 heteroatoms. The van der Waals surface area contributed by atoms with Gasteiger partial charge in [0, 0.05) is 36.5 Å². The molecule has 2 atom stereocenters. The summed E-state index contributed by atoms with van der Waals surface area (Å²) in [6.07, 6.45) is 3.41. The highest BCUT2D eigenvalue weighted by Gasteiger charge is 2.41. The van der Waals surface area contributed by atoms with Crippen LogP contribution in [0.2, 0.25) is 0 Å². The van der Waals surface area contributed by atoms with Gasteiger partial charge >= 0.3 is 5.97 Å². The molecule has 0 spiro atoms. The largest absolute Gasteiger partial charge is 0.481 e. The second-order valence-corrected chi connectivity index (χ2v) is 8.96. The van der Waals surface area contributed by atoms with Gasteiger partial charge in [-0.2, -0.15) is 0 Å². The summed E-state index contributed by atoms with van der Waals surface area (Å²) < 4.78 is 13.5. The van der Waals surface area contributed by atoms with Crippen molar-refractivity contribution in [3.8, 4) is 0 Å². The Kier molecular flexibility index (Phi) is 6.33. The molecule has 2 aliphatic rings. The zero-order valence-electron chi connectivity index (χ0n) is 19.4. The average Bonchev–Trinajstić information content (AvgIpc) is 3.03. The second-order valence-electron chi connectivity index (χ2n) is 8.96.